The van der Waals surface area contributed by atoms with E-state index in [1.165, 1.54) is 0 Å². The highest BCUT2D eigenvalue weighted by atomic mass is 16.7. The van der Waals surface area contributed by atoms with E-state index in [2.05, 4.69) is 51.8 Å². The fourth-order valence-electron chi connectivity index (χ4n) is 4.26. The molecule has 0 aliphatic carbocycles. The summed E-state index contributed by atoms with van der Waals surface area (Å²) in [6.07, 6.45) is 1.92. The van der Waals surface area contributed by atoms with E-state index in [9.17, 15) is 4.79 Å². The highest BCUT2D eigenvalue weighted by Gasteiger charge is 2.32. The number of aromatic nitrogens is 4. The molecule has 0 bridgehead atoms. The monoisotopic (exact) mass is 513 g/mol. The summed E-state index contributed by atoms with van der Waals surface area (Å²) in [4.78, 5) is 19.4. The lowest BCUT2D eigenvalue weighted by atomic mass is 9.98. The summed E-state index contributed by atoms with van der Waals surface area (Å²) in [5.74, 6) is 0.265. The van der Waals surface area contributed by atoms with Gasteiger partial charge in [-0.3, -0.25) is 9.63 Å². The summed E-state index contributed by atoms with van der Waals surface area (Å²) in [5, 5.41) is 16.3. The number of nitrogens with one attached hydrogen (secondary N) is 1. The molecular formula is C30H35N5O3. The van der Waals surface area contributed by atoms with E-state index < -0.39 is 6.04 Å². The number of nitrogens with zero attached hydrogens (tertiary/aromatic N) is 4. The molecule has 0 unspecified atom stereocenters. The number of ether oxygens (including phenoxy) is 1. The summed E-state index contributed by atoms with van der Waals surface area (Å²) in [7, 11) is 0. The molecule has 0 aliphatic heterocycles. The van der Waals surface area contributed by atoms with Gasteiger partial charge in [0.15, 0.2) is 0 Å². The zero-order chi connectivity index (χ0) is 26.7. The number of carbonyl (C=O) groups excluding carboxylic acids is 1. The molecule has 4 aromatic rings. The van der Waals surface area contributed by atoms with E-state index in [0.29, 0.717) is 19.0 Å². The van der Waals surface area contributed by atoms with Gasteiger partial charge < -0.3 is 4.74 Å². The van der Waals surface area contributed by atoms with Gasteiger partial charge in [-0.15, -0.1) is 10.2 Å². The zero-order valence-corrected chi connectivity index (χ0v) is 22.2. The fourth-order valence-corrected chi connectivity index (χ4v) is 4.26. The van der Waals surface area contributed by atoms with Gasteiger partial charge in [0.25, 0.3) is 0 Å². The third-order valence-corrected chi connectivity index (χ3v) is 6.28. The van der Waals surface area contributed by atoms with Gasteiger partial charge in [0.2, 0.25) is 5.82 Å². The number of tetrazole rings is 1. The lowest BCUT2D eigenvalue weighted by Gasteiger charge is -2.32. The number of rotatable bonds is 13. The summed E-state index contributed by atoms with van der Waals surface area (Å²) >= 11 is 0. The molecule has 0 fully saturated rings. The number of H-pyrrole nitrogens is 1. The Morgan fingerprint density at radius 2 is 1.63 bits per heavy atom. The van der Waals surface area contributed by atoms with E-state index in [1.807, 2.05) is 68.4 Å². The molecule has 1 aromatic heterocycles. The van der Waals surface area contributed by atoms with E-state index in [1.54, 1.807) is 5.06 Å². The predicted octanol–water partition coefficient (Wildman–Crippen LogP) is 5.84. The second-order valence-electron chi connectivity index (χ2n) is 9.52. The Balaban J connectivity index is 1.52. The van der Waals surface area contributed by atoms with Crippen LogP contribution in [0.1, 0.15) is 44.7 Å². The standard InChI is InChI=1S/C30H35N5O3/c1-4-5-19-38-35(28(22(2)3)30(36)37-21-24-11-7-6-8-12-24)20-23-15-17-25(18-16-23)26-13-9-10-14-27(26)29-31-33-34-32-29/h6-18,22,28H,4-5,19-21H2,1-3H3,(H,31,32,33,34)/t28-/m0/s1. The average molecular weight is 514 g/mol. The van der Waals surface area contributed by atoms with Crippen LogP contribution in [0.2, 0.25) is 0 Å². The normalized spacial score (nSPS) is 12.1. The van der Waals surface area contributed by atoms with E-state index in [0.717, 1.165) is 40.7 Å². The van der Waals surface area contributed by atoms with Crippen molar-refractivity contribution < 1.29 is 14.4 Å². The Morgan fingerprint density at radius 3 is 2.29 bits per heavy atom. The summed E-state index contributed by atoms with van der Waals surface area (Å²) < 4.78 is 5.72. The molecule has 1 atom stereocenters. The minimum Gasteiger partial charge on any atom is -0.460 e. The van der Waals surface area contributed by atoms with Gasteiger partial charge in [0.05, 0.1) is 13.2 Å². The molecule has 38 heavy (non-hydrogen) atoms. The molecule has 198 valence electrons. The molecule has 0 saturated heterocycles. The van der Waals surface area contributed by atoms with Crippen LogP contribution in [0.4, 0.5) is 0 Å². The molecule has 1 N–H and O–H groups in total. The first-order chi connectivity index (χ1) is 18.6. The van der Waals surface area contributed by atoms with Crippen molar-refractivity contribution in [2.24, 2.45) is 5.92 Å². The fraction of sp³-hybridized carbons (Fsp3) is 0.333. The lowest BCUT2D eigenvalue weighted by molar-refractivity contribution is -0.215. The van der Waals surface area contributed by atoms with Gasteiger partial charge in [-0.2, -0.15) is 10.3 Å². The highest BCUT2D eigenvalue weighted by Crippen LogP contribution is 2.30. The second kappa shape index (κ2) is 13.6. The van der Waals surface area contributed by atoms with Crippen LogP contribution in [0.15, 0.2) is 78.9 Å². The van der Waals surface area contributed by atoms with Crippen molar-refractivity contribution in [3.63, 3.8) is 0 Å². The van der Waals surface area contributed by atoms with Crippen molar-refractivity contribution >= 4 is 5.97 Å². The van der Waals surface area contributed by atoms with Crippen LogP contribution in [0.3, 0.4) is 0 Å². The molecular weight excluding hydrogens is 478 g/mol. The lowest BCUT2D eigenvalue weighted by Crippen LogP contribution is -2.45. The average Bonchev–Trinajstić information content (AvgIpc) is 3.48. The molecule has 8 nitrogen and oxygen atoms in total. The number of esters is 1. The molecule has 0 saturated carbocycles. The van der Waals surface area contributed by atoms with Gasteiger partial charge >= 0.3 is 5.97 Å². The van der Waals surface area contributed by atoms with Crippen molar-refractivity contribution in [1.82, 2.24) is 25.7 Å². The maximum Gasteiger partial charge on any atom is 0.326 e. The number of carbonyl (C=O) groups is 1. The van der Waals surface area contributed by atoms with Crippen LogP contribution in [0.25, 0.3) is 22.5 Å². The number of unbranched alkanes of at least 4 members (excludes halogenated alkanes) is 1. The van der Waals surface area contributed by atoms with Crippen LogP contribution >= 0.6 is 0 Å². The Hall–Kier alpha value is -3.88. The third kappa shape index (κ3) is 7.12. The van der Waals surface area contributed by atoms with Crippen molar-refractivity contribution in [3.05, 3.63) is 90.0 Å². The number of benzene rings is 3. The molecule has 0 aliphatic rings. The van der Waals surface area contributed by atoms with Crippen molar-refractivity contribution in [1.29, 1.82) is 0 Å². The minimum absolute atomic E-state index is 0.000935. The van der Waals surface area contributed by atoms with Gasteiger partial charge in [-0.05, 0) is 39.8 Å². The van der Waals surface area contributed by atoms with E-state index in [-0.39, 0.29) is 18.5 Å². The Morgan fingerprint density at radius 1 is 0.921 bits per heavy atom. The topological polar surface area (TPSA) is 93.2 Å². The van der Waals surface area contributed by atoms with Crippen molar-refractivity contribution in [2.45, 2.75) is 52.8 Å². The molecule has 1 heterocycles. The van der Waals surface area contributed by atoms with Crippen molar-refractivity contribution in [3.8, 4) is 22.5 Å². The van der Waals surface area contributed by atoms with Crippen LogP contribution in [-0.4, -0.2) is 44.3 Å². The SMILES string of the molecule is CCCCON(Cc1ccc(-c2ccccc2-c2nn[nH]n2)cc1)[C@H](C(=O)OCc1ccccc1)C(C)C. The third-order valence-electron chi connectivity index (χ3n) is 6.28. The van der Waals surface area contributed by atoms with Gasteiger partial charge in [0.1, 0.15) is 12.6 Å². The van der Waals surface area contributed by atoms with E-state index in [4.69, 9.17) is 9.57 Å². The number of hydroxylamine groups is 2. The first kappa shape index (κ1) is 27.2. The molecule has 0 amide bonds. The predicted molar refractivity (Wildman–Crippen MR) is 146 cm³/mol. The van der Waals surface area contributed by atoms with E-state index >= 15 is 0 Å². The van der Waals surface area contributed by atoms with Crippen LogP contribution in [0.5, 0.6) is 0 Å². The quantitative estimate of drug-likeness (QED) is 0.136. The van der Waals surface area contributed by atoms with Gasteiger partial charge in [-0.1, -0.05) is 106 Å². The van der Waals surface area contributed by atoms with Crippen molar-refractivity contribution in [2.75, 3.05) is 6.61 Å². The first-order valence-electron chi connectivity index (χ1n) is 13.1. The molecule has 8 heteroatoms. The van der Waals surface area contributed by atoms with Crippen LogP contribution in [0, 0.1) is 5.92 Å². The molecule has 4 rings (SSSR count). The molecule has 0 radical (unpaired) electrons. The van der Waals surface area contributed by atoms with Gasteiger partial charge in [-0.25, -0.2) is 0 Å². The second-order valence-corrected chi connectivity index (χ2v) is 9.52. The van der Waals surface area contributed by atoms with Gasteiger partial charge in [0, 0.05) is 5.56 Å². The number of aromatic amines is 1. The van der Waals surface area contributed by atoms with Crippen LogP contribution in [-0.2, 0) is 27.5 Å². The first-order valence-corrected chi connectivity index (χ1v) is 13.1. The largest absolute Gasteiger partial charge is 0.460 e. The minimum atomic E-state index is -0.533. The Bertz CT molecular complexity index is 1260. The zero-order valence-electron chi connectivity index (χ0n) is 22.2. The number of hydrogen-bond acceptors (Lipinski definition) is 7. The Labute approximate surface area is 223 Å². The number of hydrogen-bond donors (Lipinski definition) is 1. The van der Waals surface area contributed by atoms with Crippen LogP contribution < -0.4 is 0 Å². The molecule has 0 spiro atoms. The maximum absolute atomic E-state index is 13.2. The molecule has 3 aromatic carbocycles. The smallest absolute Gasteiger partial charge is 0.326 e. The highest BCUT2D eigenvalue weighted by molar-refractivity contribution is 5.80. The summed E-state index contributed by atoms with van der Waals surface area (Å²) in [6, 6.07) is 25.4. The summed E-state index contributed by atoms with van der Waals surface area (Å²) in [5.41, 5.74) is 4.94. The Kier molecular flexibility index (Phi) is 9.72. The maximum atomic E-state index is 13.2. The summed E-state index contributed by atoms with van der Waals surface area (Å²) in [6.45, 7) is 7.39.